The molecule has 0 unspecified atom stereocenters. The van der Waals surface area contributed by atoms with Crippen molar-refractivity contribution in [2.75, 3.05) is 0 Å². The summed E-state index contributed by atoms with van der Waals surface area (Å²) < 4.78 is 2.25. The minimum Gasteiger partial charge on any atom is -0.372 e. The molecule has 1 heterocycles. The van der Waals surface area contributed by atoms with E-state index in [4.69, 9.17) is 0 Å². The Morgan fingerprint density at radius 1 is 0.833 bits per heavy atom. The summed E-state index contributed by atoms with van der Waals surface area (Å²) in [4.78, 5) is 13.4. The van der Waals surface area contributed by atoms with Crippen LogP contribution in [0.25, 0.3) is 10.9 Å². The van der Waals surface area contributed by atoms with Crippen LogP contribution in [0.5, 0.6) is 0 Å². The number of nitrogens with one attached hydrogen (secondary N) is 1. The molecule has 0 radical (unpaired) electrons. The van der Waals surface area contributed by atoms with E-state index in [1.165, 1.54) is 5.56 Å². The predicted octanol–water partition coefficient (Wildman–Crippen LogP) is 5.38. The number of nitrogens with zero attached hydrogens (tertiary/aromatic N) is 2. The lowest BCUT2D eigenvalue weighted by Gasteiger charge is -2.27. The van der Waals surface area contributed by atoms with E-state index in [2.05, 4.69) is 46.3 Å². The van der Waals surface area contributed by atoms with Crippen LogP contribution in [0.3, 0.4) is 0 Å². The molecular weight excluding hydrogens is 446 g/mol. The Kier molecular flexibility index (Phi) is 6.48. The molecule has 1 aromatic heterocycles. The summed E-state index contributed by atoms with van der Waals surface area (Å²) in [7, 11) is 0. The van der Waals surface area contributed by atoms with Crippen LogP contribution in [0.1, 0.15) is 27.9 Å². The SMILES string of the molecule is Cc1c(/C=N\NC(=O)C(O)(c2ccccc2)c2ccccc2)c2ccccc2n1Cc1ccccc1. The van der Waals surface area contributed by atoms with Gasteiger partial charge in [-0.15, -0.1) is 0 Å². The van der Waals surface area contributed by atoms with Crippen LogP contribution in [-0.2, 0) is 16.9 Å². The molecule has 4 aromatic carbocycles. The lowest BCUT2D eigenvalue weighted by molar-refractivity contribution is -0.136. The maximum atomic E-state index is 13.4. The van der Waals surface area contributed by atoms with Gasteiger partial charge in [-0.1, -0.05) is 109 Å². The second-order valence-electron chi connectivity index (χ2n) is 8.73. The van der Waals surface area contributed by atoms with Gasteiger partial charge in [-0.3, -0.25) is 4.79 Å². The first-order valence-electron chi connectivity index (χ1n) is 11.9. The number of fused-ring (bicyclic) bond motifs is 1. The molecule has 5 rings (SSSR count). The molecule has 0 aliphatic carbocycles. The van der Waals surface area contributed by atoms with Crippen molar-refractivity contribution in [3.05, 3.63) is 143 Å². The maximum Gasteiger partial charge on any atom is 0.281 e. The van der Waals surface area contributed by atoms with E-state index in [1.807, 2.05) is 42.5 Å². The fraction of sp³-hybridized carbons (Fsp3) is 0.0968. The van der Waals surface area contributed by atoms with Crippen LogP contribution >= 0.6 is 0 Å². The summed E-state index contributed by atoms with van der Waals surface area (Å²) in [6, 6.07) is 36.3. The Morgan fingerprint density at radius 2 is 1.36 bits per heavy atom. The minimum atomic E-state index is -1.88. The van der Waals surface area contributed by atoms with Gasteiger partial charge in [0.15, 0.2) is 5.60 Å². The van der Waals surface area contributed by atoms with Crippen LogP contribution in [0, 0.1) is 6.92 Å². The normalized spacial score (nSPS) is 11.7. The standard InChI is InChI=1S/C31H27N3O2/c1-23-28(27-19-11-12-20-29(27)34(23)22-24-13-5-2-6-14-24)21-32-33-30(35)31(36,25-15-7-3-8-16-25)26-17-9-4-10-18-26/h2-21,36H,22H2,1H3,(H,33,35)/b32-21-. The van der Waals surface area contributed by atoms with E-state index in [0.717, 1.165) is 28.7 Å². The van der Waals surface area contributed by atoms with Gasteiger partial charge in [0.2, 0.25) is 0 Å². The van der Waals surface area contributed by atoms with Crippen molar-refractivity contribution in [3.63, 3.8) is 0 Å². The highest BCUT2D eigenvalue weighted by atomic mass is 16.3. The summed E-state index contributed by atoms with van der Waals surface area (Å²) in [6.45, 7) is 2.78. The van der Waals surface area contributed by atoms with Gasteiger partial charge in [-0.2, -0.15) is 5.10 Å². The predicted molar refractivity (Wildman–Crippen MR) is 144 cm³/mol. The van der Waals surface area contributed by atoms with Gasteiger partial charge >= 0.3 is 0 Å². The third-order valence-corrected chi connectivity index (χ3v) is 6.53. The smallest absolute Gasteiger partial charge is 0.281 e. The number of carbonyl (C=O) groups is 1. The summed E-state index contributed by atoms with van der Waals surface area (Å²) in [6.07, 6.45) is 1.66. The average molecular weight is 474 g/mol. The summed E-state index contributed by atoms with van der Waals surface area (Å²) in [5.74, 6) is -0.623. The first-order valence-corrected chi connectivity index (χ1v) is 11.9. The zero-order valence-electron chi connectivity index (χ0n) is 20.0. The van der Waals surface area contributed by atoms with Crippen molar-refractivity contribution in [2.24, 2.45) is 5.10 Å². The zero-order valence-corrected chi connectivity index (χ0v) is 20.0. The number of benzene rings is 4. The number of amides is 1. The van der Waals surface area contributed by atoms with Crippen LogP contribution in [0.15, 0.2) is 120 Å². The highest BCUT2D eigenvalue weighted by Crippen LogP contribution is 2.30. The third kappa shape index (κ3) is 4.32. The second-order valence-corrected chi connectivity index (χ2v) is 8.73. The van der Waals surface area contributed by atoms with Crippen molar-refractivity contribution in [1.82, 2.24) is 9.99 Å². The van der Waals surface area contributed by atoms with Gasteiger partial charge in [-0.05, 0) is 29.7 Å². The number of para-hydroxylation sites is 1. The van der Waals surface area contributed by atoms with Gasteiger partial charge in [0.05, 0.1) is 6.21 Å². The number of hydrogen-bond donors (Lipinski definition) is 2. The number of hydrazone groups is 1. The molecule has 178 valence electrons. The maximum absolute atomic E-state index is 13.4. The van der Waals surface area contributed by atoms with E-state index in [0.29, 0.717) is 11.1 Å². The Morgan fingerprint density at radius 3 is 1.97 bits per heavy atom. The molecule has 0 fully saturated rings. The second kappa shape index (κ2) is 10.0. The van der Waals surface area contributed by atoms with Crippen molar-refractivity contribution >= 4 is 23.0 Å². The molecule has 36 heavy (non-hydrogen) atoms. The molecule has 5 nitrogen and oxygen atoms in total. The molecular formula is C31H27N3O2. The highest BCUT2D eigenvalue weighted by molar-refractivity contribution is 6.01. The number of aromatic nitrogens is 1. The molecule has 1 amide bonds. The monoisotopic (exact) mass is 473 g/mol. The molecule has 0 aliphatic heterocycles. The van der Waals surface area contributed by atoms with Crippen LogP contribution in [0.2, 0.25) is 0 Å². The Bertz CT molecular complexity index is 1470. The topological polar surface area (TPSA) is 66.6 Å². The lowest BCUT2D eigenvalue weighted by atomic mass is 9.85. The van der Waals surface area contributed by atoms with Crippen molar-refractivity contribution in [1.29, 1.82) is 0 Å². The Balaban J connectivity index is 1.47. The number of hydrogen-bond acceptors (Lipinski definition) is 3. The van der Waals surface area contributed by atoms with Gasteiger partial charge in [0.1, 0.15) is 0 Å². The van der Waals surface area contributed by atoms with Crippen molar-refractivity contribution < 1.29 is 9.90 Å². The van der Waals surface area contributed by atoms with E-state index in [-0.39, 0.29) is 0 Å². The number of aliphatic hydroxyl groups is 1. The molecule has 0 saturated heterocycles. The molecule has 0 bridgehead atoms. The lowest BCUT2D eigenvalue weighted by Crippen LogP contribution is -2.43. The molecule has 2 N–H and O–H groups in total. The fourth-order valence-corrected chi connectivity index (χ4v) is 4.61. The van der Waals surface area contributed by atoms with Crippen LogP contribution in [-0.4, -0.2) is 21.8 Å². The van der Waals surface area contributed by atoms with E-state index >= 15 is 0 Å². The molecule has 5 aromatic rings. The van der Waals surface area contributed by atoms with E-state index in [9.17, 15) is 9.90 Å². The Hall–Kier alpha value is -4.48. The summed E-state index contributed by atoms with van der Waals surface area (Å²) in [5, 5.41) is 17.0. The fourth-order valence-electron chi connectivity index (χ4n) is 4.61. The van der Waals surface area contributed by atoms with E-state index < -0.39 is 11.5 Å². The largest absolute Gasteiger partial charge is 0.372 e. The molecule has 0 saturated carbocycles. The summed E-state index contributed by atoms with van der Waals surface area (Å²) in [5.41, 5.74) is 5.91. The zero-order chi connectivity index (χ0) is 25.0. The number of rotatable bonds is 7. The molecule has 0 spiro atoms. The van der Waals surface area contributed by atoms with Crippen LogP contribution in [0.4, 0.5) is 0 Å². The summed E-state index contributed by atoms with van der Waals surface area (Å²) >= 11 is 0. The quantitative estimate of drug-likeness (QED) is 0.246. The van der Waals surface area contributed by atoms with Crippen LogP contribution < -0.4 is 5.43 Å². The van der Waals surface area contributed by atoms with E-state index in [1.54, 1.807) is 54.7 Å². The van der Waals surface area contributed by atoms with Gasteiger partial charge in [0, 0.05) is 28.7 Å². The average Bonchev–Trinajstić information content (AvgIpc) is 3.20. The van der Waals surface area contributed by atoms with Gasteiger partial charge < -0.3 is 9.67 Å². The third-order valence-electron chi connectivity index (χ3n) is 6.53. The Labute approximate surface area is 210 Å². The van der Waals surface area contributed by atoms with Gasteiger partial charge in [0.25, 0.3) is 5.91 Å². The minimum absolute atomic E-state index is 0.472. The molecule has 0 atom stereocenters. The molecule has 5 heteroatoms. The van der Waals surface area contributed by atoms with Gasteiger partial charge in [-0.25, -0.2) is 5.43 Å². The number of carbonyl (C=O) groups excluding carboxylic acids is 1. The molecule has 0 aliphatic rings. The van der Waals surface area contributed by atoms with Crippen molar-refractivity contribution in [2.45, 2.75) is 19.1 Å². The highest BCUT2D eigenvalue weighted by Gasteiger charge is 2.39. The first kappa shape index (κ1) is 23.3. The first-order chi connectivity index (χ1) is 17.6. The van der Waals surface area contributed by atoms with Crippen molar-refractivity contribution in [3.8, 4) is 0 Å².